The Morgan fingerprint density at radius 2 is 1.47 bits per heavy atom. The second kappa shape index (κ2) is 4.24. The minimum Gasteiger partial charge on any atom is -0.310 e. The van der Waals surface area contributed by atoms with E-state index in [0.717, 1.165) is 30.2 Å². The smallest absolute Gasteiger partial charge is 0.0255 e. The summed E-state index contributed by atoms with van der Waals surface area (Å²) in [6.45, 7) is 0. The van der Waals surface area contributed by atoms with Crippen molar-refractivity contribution in [3.8, 4) is 0 Å². The van der Waals surface area contributed by atoms with Crippen molar-refractivity contribution in [1.29, 1.82) is 0 Å². The molecule has 4 fully saturated rings. The van der Waals surface area contributed by atoms with Crippen LogP contribution in [-0.2, 0) is 0 Å². The van der Waals surface area contributed by atoms with E-state index in [2.05, 4.69) is 10.2 Å². The van der Waals surface area contributed by atoms with Gasteiger partial charge in [-0.25, -0.2) is 0 Å². The zero-order chi connectivity index (χ0) is 11.2. The van der Waals surface area contributed by atoms with Gasteiger partial charge in [0.25, 0.3) is 0 Å². The molecule has 0 saturated carbocycles. The quantitative estimate of drug-likeness (QED) is 0.750. The summed E-state index contributed by atoms with van der Waals surface area (Å²) >= 11 is 0. The second-order valence-corrected chi connectivity index (χ2v) is 6.81. The molecule has 4 saturated heterocycles. The molecule has 2 heteroatoms. The second-order valence-electron chi connectivity index (χ2n) is 6.81. The molecular weight excluding hydrogens is 208 g/mol. The minimum absolute atomic E-state index is 0.837. The zero-order valence-corrected chi connectivity index (χ0v) is 10.9. The van der Waals surface area contributed by atoms with Crippen molar-refractivity contribution in [2.45, 2.75) is 94.4 Å². The van der Waals surface area contributed by atoms with Crippen molar-refractivity contribution in [2.24, 2.45) is 0 Å². The normalized spacial score (nSPS) is 50.5. The van der Waals surface area contributed by atoms with Crippen molar-refractivity contribution in [3.05, 3.63) is 0 Å². The number of piperidine rings is 3. The van der Waals surface area contributed by atoms with E-state index in [1.807, 2.05) is 0 Å². The van der Waals surface area contributed by atoms with Gasteiger partial charge < -0.3 is 5.32 Å². The van der Waals surface area contributed by atoms with Gasteiger partial charge in [-0.15, -0.1) is 0 Å². The molecule has 5 unspecified atom stereocenters. The third kappa shape index (κ3) is 1.76. The van der Waals surface area contributed by atoms with Crippen LogP contribution in [0.15, 0.2) is 0 Å². The largest absolute Gasteiger partial charge is 0.310 e. The van der Waals surface area contributed by atoms with Gasteiger partial charge in [-0.2, -0.15) is 0 Å². The van der Waals surface area contributed by atoms with Crippen LogP contribution in [0.5, 0.6) is 0 Å². The monoisotopic (exact) mass is 234 g/mol. The van der Waals surface area contributed by atoms with Gasteiger partial charge in [0.15, 0.2) is 0 Å². The Bertz CT molecular complexity index is 275. The van der Waals surface area contributed by atoms with Crippen LogP contribution < -0.4 is 5.32 Å². The molecule has 0 aliphatic carbocycles. The minimum atomic E-state index is 0.837. The third-order valence-corrected chi connectivity index (χ3v) is 5.93. The number of nitrogens with zero attached hydrogens (tertiary/aromatic N) is 1. The molecule has 1 N–H and O–H groups in total. The molecule has 0 spiro atoms. The summed E-state index contributed by atoms with van der Waals surface area (Å²) in [5, 5.41) is 3.93. The van der Waals surface area contributed by atoms with Gasteiger partial charge in [-0.05, 0) is 51.4 Å². The van der Waals surface area contributed by atoms with E-state index in [0.29, 0.717) is 0 Å². The maximum absolute atomic E-state index is 3.93. The number of rotatable bonds is 1. The van der Waals surface area contributed by atoms with Gasteiger partial charge in [0.1, 0.15) is 0 Å². The molecule has 0 aromatic rings. The molecule has 0 radical (unpaired) electrons. The number of hydrogen-bond acceptors (Lipinski definition) is 2. The SMILES string of the molecule is C1CC2CCC(N3C4CCCC3CC4)C(C1)N2. The van der Waals surface area contributed by atoms with Crippen LogP contribution in [0.2, 0.25) is 0 Å². The Morgan fingerprint density at radius 3 is 2.29 bits per heavy atom. The molecule has 4 rings (SSSR count). The average Bonchev–Trinajstić information content (AvgIpc) is 2.60. The highest BCUT2D eigenvalue weighted by Gasteiger charge is 2.45. The van der Waals surface area contributed by atoms with Crippen molar-refractivity contribution in [1.82, 2.24) is 10.2 Å². The van der Waals surface area contributed by atoms with Crippen molar-refractivity contribution in [3.63, 3.8) is 0 Å². The van der Waals surface area contributed by atoms with E-state index in [-0.39, 0.29) is 0 Å². The van der Waals surface area contributed by atoms with Crippen molar-refractivity contribution in [2.75, 3.05) is 0 Å². The number of hydrogen-bond donors (Lipinski definition) is 1. The van der Waals surface area contributed by atoms with Gasteiger partial charge in [-0.1, -0.05) is 12.8 Å². The fourth-order valence-electron chi connectivity index (χ4n) is 5.21. The van der Waals surface area contributed by atoms with Crippen LogP contribution >= 0.6 is 0 Å². The highest BCUT2D eigenvalue weighted by Crippen LogP contribution is 2.41. The Hall–Kier alpha value is -0.0800. The van der Waals surface area contributed by atoms with E-state index in [1.165, 1.54) is 64.2 Å². The lowest BCUT2D eigenvalue weighted by Gasteiger charge is -2.50. The Labute approximate surface area is 105 Å². The maximum atomic E-state index is 3.93. The molecular formula is C15H26N2. The lowest BCUT2D eigenvalue weighted by Crippen LogP contribution is -2.61. The third-order valence-electron chi connectivity index (χ3n) is 5.93. The number of nitrogens with one attached hydrogen (secondary N) is 1. The topological polar surface area (TPSA) is 15.3 Å². The van der Waals surface area contributed by atoms with Gasteiger partial charge in [0, 0.05) is 30.2 Å². The van der Waals surface area contributed by atoms with Crippen LogP contribution in [0, 0.1) is 0 Å². The van der Waals surface area contributed by atoms with Crippen LogP contribution in [0.3, 0.4) is 0 Å². The van der Waals surface area contributed by atoms with Gasteiger partial charge in [0.2, 0.25) is 0 Å². The Balaban J connectivity index is 1.54. The Kier molecular flexibility index (Phi) is 2.69. The van der Waals surface area contributed by atoms with E-state index >= 15 is 0 Å². The first kappa shape index (κ1) is 10.8. The molecule has 4 aliphatic rings. The van der Waals surface area contributed by atoms with Gasteiger partial charge >= 0.3 is 0 Å². The summed E-state index contributed by atoms with van der Waals surface area (Å²) in [7, 11) is 0. The predicted molar refractivity (Wildman–Crippen MR) is 70.1 cm³/mol. The molecule has 17 heavy (non-hydrogen) atoms. The average molecular weight is 234 g/mol. The lowest BCUT2D eigenvalue weighted by atomic mass is 9.81. The molecule has 2 nitrogen and oxygen atoms in total. The Morgan fingerprint density at radius 1 is 0.706 bits per heavy atom. The molecule has 0 amide bonds. The highest BCUT2D eigenvalue weighted by molar-refractivity contribution is 5.02. The fraction of sp³-hybridized carbons (Fsp3) is 1.00. The standard InChI is InChI=1S/C15H26N2/c1-3-11-7-10-15(14(6-1)16-11)17-12-4-2-5-13(17)9-8-12/h11-16H,1-10H2. The molecule has 5 atom stereocenters. The molecule has 0 aromatic heterocycles. The molecule has 4 aliphatic heterocycles. The summed E-state index contributed by atoms with van der Waals surface area (Å²) in [5.74, 6) is 0. The molecule has 96 valence electrons. The van der Waals surface area contributed by atoms with Crippen LogP contribution in [0.1, 0.15) is 64.2 Å². The van der Waals surface area contributed by atoms with E-state index < -0.39 is 0 Å². The maximum Gasteiger partial charge on any atom is 0.0255 e. The van der Waals surface area contributed by atoms with Gasteiger partial charge in [-0.3, -0.25) is 4.90 Å². The van der Waals surface area contributed by atoms with Gasteiger partial charge in [0.05, 0.1) is 0 Å². The first-order chi connectivity index (χ1) is 8.42. The van der Waals surface area contributed by atoms with Crippen molar-refractivity contribution < 1.29 is 0 Å². The van der Waals surface area contributed by atoms with E-state index in [1.54, 1.807) is 0 Å². The summed E-state index contributed by atoms with van der Waals surface area (Å²) in [6.07, 6.45) is 14.8. The first-order valence-electron chi connectivity index (χ1n) is 7.95. The van der Waals surface area contributed by atoms with Crippen LogP contribution in [0.4, 0.5) is 0 Å². The summed E-state index contributed by atoms with van der Waals surface area (Å²) in [5.41, 5.74) is 0. The van der Waals surface area contributed by atoms with Crippen LogP contribution in [-0.4, -0.2) is 35.1 Å². The van der Waals surface area contributed by atoms with Crippen molar-refractivity contribution >= 4 is 0 Å². The summed E-state index contributed by atoms with van der Waals surface area (Å²) in [6, 6.07) is 4.51. The lowest BCUT2D eigenvalue weighted by molar-refractivity contribution is 0.0265. The number of fused-ring (bicyclic) bond motifs is 4. The summed E-state index contributed by atoms with van der Waals surface area (Å²) < 4.78 is 0. The summed E-state index contributed by atoms with van der Waals surface area (Å²) in [4.78, 5) is 2.97. The fourth-order valence-corrected chi connectivity index (χ4v) is 5.21. The molecule has 0 aromatic carbocycles. The molecule has 4 heterocycles. The highest BCUT2D eigenvalue weighted by atomic mass is 15.3. The predicted octanol–water partition coefficient (Wildman–Crippen LogP) is 2.68. The van der Waals surface area contributed by atoms with E-state index in [9.17, 15) is 0 Å². The zero-order valence-electron chi connectivity index (χ0n) is 10.9. The first-order valence-corrected chi connectivity index (χ1v) is 7.95. The van der Waals surface area contributed by atoms with E-state index in [4.69, 9.17) is 0 Å². The van der Waals surface area contributed by atoms with Crippen LogP contribution in [0.25, 0.3) is 0 Å². The molecule has 4 bridgehead atoms.